The molecule has 1 aliphatic carbocycles. The molecule has 26 heavy (non-hydrogen) atoms. The van der Waals surface area contributed by atoms with Gasteiger partial charge in [-0.25, -0.2) is 0 Å². The van der Waals surface area contributed by atoms with Crippen molar-refractivity contribution in [3.63, 3.8) is 0 Å². The van der Waals surface area contributed by atoms with Crippen molar-refractivity contribution < 1.29 is 9.53 Å². The van der Waals surface area contributed by atoms with Crippen molar-refractivity contribution in [1.82, 2.24) is 0 Å². The highest BCUT2D eigenvalue weighted by atomic mass is 35.5. The molecule has 2 aromatic rings. The molecule has 2 atom stereocenters. The summed E-state index contributed by atoms with van der Waals surface area (Å²) in [6.07, 6.45) is 2.98. The molecule has 134 valence electrons. The zero-order valence-corrected chi connectivity index (χ0v) is 15.4. The van der Waals surface area contributed by atoms with Gasteiger partial charge in [-0.15, -0.1) is 0 Å². The van der Waals surface area contributed by atoms with Gasteiger partial charge in [-0.1, -0.05) is 41.9 Å². The molecule has 0 aromatic heterocycles. The smallest absolute Gasteiger partial charge is 0.238 e. The minimum atomic E-state index is -0.365. The molecule has 0 radical (unpaired) electrons. The zero-order valence-electron chi connectivity index (χ0n) is 14.7. The number of amides is 1. The van der Waals surface area contributed by atoms with Crippen molar-refractivity contribution in [2.75, 3.05) is 24.7 Å². The van der Waals surface area contributed by atoms with Crippen molar-refractivity contribution >= 4 is 23.2 Å². The Morgan fingerprint density at radius 2 is 1.81 bits per heavy atom. The van der Waals surface area contributed by atoms with E-state index in [4.69, 9.17) is 16.3 Å². The van der Waals surface area contributed by atoms with Gasteiger partial charge >= 0.3 is 0 Å². The maximum atomic E-state index is 13.5. The monoisotopic (exact) mass is 367 g/mol. The highest BCUT2D eigenvalue weighted by Gasteiger charge is 2.67. The predicted octanol–water partition coefficient (Wildman–Crippen LogP) is 4.54. The number of nitrogens with zero attached hydrogens (tertiary/aromatic N) is 1. The molecule has 2 aromatic carbocycles. The van der Waals surface area contributed by atoms with Crippen LogP contribution in [-0.2, 0) is 14.9 Å². The van der Waals surface area contributed by atoms with Crippen LogP contribution in [0.4, 0.5) is 5.69 Å². The van der Waals surface area contributed by atoms with E-state index in [0.29, 0.717) is 5.92 Å². The fraction of sp³-hybridized carbons (Fsp3) is 0.409. The number of para-hydroxylation sites is 1. The van der Waals surface area contributed by atoms with E-state index in [2.05, 4.69) is 35.2 Å². The van der Waals surface area contributed by atoms with E-state index in [1.165, 1.54) is 11.1 Å². The average Bonchev–Trinajstić information content (AvgIpc) is 3.39. The second kappa shape index (κ2) is 6.11. The Labute approximate surface area is 158 Å². The van der Waals surface area contributed by atoms with E-state index in [9.17, 15) is 4.79 Å². The van der Waals surface area contributed by atoms with E-state index in [1.54, 1.807) is 0 Å². The number of ether oxygens (including phenoxy) is 1. The van der Waals surface area contributed by atoms with E-state index in [0.717, 1.165) is 49.7 Å². The van der Waals surface area contributed by atoms with Crippen LogP contribution < -0.4 is 4.90 Å². The fourth-order valence-corrected chi connectivity index (χ4v) is 4.94. The van der Waals surface area contributed by atoms with Crippen molar-refractivity contribution in [3.05, 3.63) is 64.7 Å². The molecule has 0 N–H and O–H groups in total. The molecule has 1 saturated carbocycles. The highest BCUT2D eigenvalue weighted by Crippen LogP contribution is 2.66. The van der Waals surface area contributed by atoms with Crippen LogP contribution in [0.25, 0.3) is 0 Å². The Kier molecular flexibility index (Phi) is 3.84. The number of carbonyl (C=O) groups is 1. The van der Waals surface area contributed by atoms with Crippen LogP contribution in [-0.4, -0.2) is 25.7 Å². The third kappa shape index (κ3) is 2.41. The SMILES string of the molecule is O=C1N(CC2CCOCC2)c2ccccc2[C@]12C[C@H]2c1ccc(Cl)cc1. The maximum absolute atomic E-state index is 13.5. The summed E-state index contributed by atoms with van der Waals surface area (Å²) in [5.41, 5.74) is 3.17. The van der Waals surface area contributed by atoms with Crippen LogP contribution in [0.2, 0.25) is 5.02 Å². The summed E-state index contributed by atoms with van der Waals surface area (Å²) in [6.45, 7) is 2.44. The fourth-order valence-electron chi connectivity index (χ4n) is 4.81. The van der Waals surface area contributed by atoms with E-state index >= 15 is 0 Å². The summed E-state index contributed by atoms with van der Waals surface area (Å²) >= 11 is 6.04. The Bertz CT molecular complexity index is 843. The topological polar surface area (TPSA) is 29.5 Å². The molecule has 2 fully saturated rings. The van der Waals surface area contributed by atoms with E-state index in [1.807, 2.05) is 18.2 Å². The van der Waals surface area contributed by atoms with Crippen molar-refractivity contribution in [2.24, 2.45) is 5.92 Å². The summed E-state index contributed by atoms with van der Waals surface area (Å²) in [7, 11) is 0. The molecule has 1 amide bonds. The molecule has 2 heterocycles. The highest BCUT2D eigenvalue weighted by molar-refractivity contribution is 6.30. The summed E-state index contributed by atoms with van der Waals surface area (Å²) in [5, 5.41) is 0.739. The number of hydrogen-bond acceptors (Lipinski definition) is 2. The summed E-state index contributed by atoms with van der Waals surface area (Å²) < 4.78 is 5.48. The first-order chi connectivity index (χ1) is 12.7. The molecule has 0 bridgehead atoms. The lowest BCUT2D eigenvalue weighted by Gasteiger charge is -2.27. The number of hydrogen-bond donors (Lipinski definition) is 0. The van der Waals surface area contributed by atoms with Gasteiger partial charge in [0.15, 0.2) is 0 Å². The summed E-state index contributed by atoms with van der Waals surface area (Å²) in [6, 6.07) is 16.3. The van der Waals surface area contributed by atoms with Gasteiger partial charge in [-0.05, 0) is 54.5 Å². The summed E-state index contributed by atoms with van der Waals surface area (Å²) in [5.74, 6) is 1.07. The lowest BCUT2D eigenvalue weighted by molar-refractivity contribution is -0.120. The van der Waals surface area contributed by atoms with Crippen LogP contribution in [0.1, 0.15) is 36.3 Å². The van der Waals surface area contributed by atoms with Crippen molar-refractivity contribution in [2.45, 2.75) is 30.6 Å². The van der Waals surface area contributed by atoms with Crippen LogP contribution in [0.3, 0.4) is 0 Å². The molecule has 5 rings (SSSR count). The van der Waals surface area contributed by atoms with Crippen LogP contribution >= 0.6 is 11.6 Å². The molecule has 1 saturated heterocycles. The standard InChI is InChI=1S/C22H22ClNO2/c23-17-7-5-16(6-8-17)19-13-22(19)18-3-1-2-4-20(18)24(21(22)25)14-15-9-11-26-12-10-15/h1-8,15,19H,9-14H2/t19-,22-/m0/s1. The lowest BCUT2D eigenvalue weighted by atomic mass is 9.92. The van der Waals surface area contributed by atoms with Crippen LogP contribution in [0.5, 0.6) is 0 Å². The Hall–Kier alpha value is -1.84. The second-order valence-electron chi connectivity index (χ2n) is 7.77. The molecule has 3 aliphatic rings. The lowest BCUT2D eigenvalue weighted by Crippen LogP contribution is -2.38. The zero-order chi connectivity index (χ0) is 17.7. The van der Waals surface area contributed by atoms with Gasteiger partial charge in [-0.2, -0.15) is 0 Å². The molecular weight excluding hydrogens is 346 g/mol. The molecular formula is C22H22ClNO2. The maximum Gasteiger partial charge on any atom is 0.238 e. The Morgan fingerprint density at radius 1 is 1.08 bits per heavy atom. The number of halogens is 1. The minimum absolute atomic E-state index is 0.258. The van der Waals surface area contributed by atoms with Gasteiger partial charge in [0.1, 0.15) is 0 Å². The number of carbonyl (C=O) groups excluding carboxylic acids is 1. The first kappa shape index (κ1) is 16.3. The number of anilines is 1. The molecule has 1 spiro atoms. The molecule has 3 nitrogen and oxygen atoms in total. The third-order valence-electron chi connectivity index (χ3n) is 6.32. The van der Waals surface area contributed by atoms with Crippen LogP contribution in [0.15, 0.2) is 48.5 Å². The van der Waals surface area contributed by atoms with Crippen LogP contribution in [0, 0.1) is 5.92 Å². The normalized spacial score (nSPS) is 27.8. The van der Waals surface area contributed by atoms with Crippen molar-refractivity contribution in [1.29, 1.82) is 0 Å². The van der Waals surface area contributed by atoms with Gasteiger partial charge < -0.3 is 9.64 Å². The summed E-state index contributed by atoms with van der Waals surface area (Å²) in [4.78, 5) is 15.6. The van der Waals surface area contributed by atoms with E-state index < -0.39 is 0 Å². The largest absolute Gasteiger partial charge is 0.381 e. The van der Waals surface area contributed by atoms with E-state index in [-0.39, 0.29) is 17.2 Å². The van der Waals surface area contributed by atoms with Gasteiger partial charge in [0.05, 0.1) is 5.41 Å². The number of benzene rings is 2. The van der Waals surface area contributed by atoms with Gasteiger partial charge in [-0.3, -0.25) is 4.79 Å². The quantitative estimate of drug-likeness (QED) is 0.797. The number of fused-ring (bicyclic) bond motifs is 2. The molecule has 2 aliphatic heterocycles. The molecule has 0 unspecified atom stereocenters. The minimum Gasteiger partial charge on any atom is -0.381 e. The Balaban J connectivity index is 1.48. The first-order valence-corrected chi connectivity index (χ1v) is 9.82. The predicted molar refractivity (Wildman–Crippen MR) is 103 cm³/mol. The number of rotatable bonds is 3. The Morgan fingerprint density at radius 3 is 2.58 bits per heavy atom. The van der Waals surface area contributed by atoms with Gasteiger partial charge in [0, 0.05) is 36.4 Å². The third-order valence-corrected chi connectivity index (χ3v) is 6.57. The van der Waals surface area contributed by atoms with Crippen molar-refractivity contribution in [3.8, 4) is 0 Å². The average molecular weight is 368 g/mol. The second-order valence-corrected chi connectivity index (χ2v) is 8.20. The van der Waals surface area contributed by atoms with Gasteiger partial charge in [0.25, 0.3) is 0 Å². The molecule has 4 heteroatoms. The van der Waals surface area contributed by atoms with Gasteiger partial charge in [0.2, 0.25) is 5.91 Å². The first-order valence-electron chi connectivity index (χ1n) is 9.45.